The summed E-state index contributed by atoms with van der Waals surface area (Å²) >= 11 is 10.7. The van der Waals surface area contributed by atoms with Gasteiger partial charge in [-0.15, -0.1) is 0 Å². The van der Waals surface area contributed by atoms with E-state index >= 15 is 0 Å². The highest BCUT2D eigenvalue weighted by Crippen LogP contribution is 2.28. The fraction of sp³-hybridized carbons (Fsp3) is 0.400. The van der Waals surface area contributed by atoms with Gasteiger partial charge in [0.05, 0.1) is 11.1 Å². The van der Waals surface area contributed by atoms with Gasteiger partial charge in [0.2, 0.25) is 0 Å². The highest BCUT2D eigenvalue weighted by atomic mass is 35.5. The monoisotopic (exact) mass is 166 g/mol. The maximum absolute atomic E-state index is 10.6. The number of allylic oxidation sites excluding steroid dienone is 1. The van der Waals surface area contributed by atoms with E-state index in [0.717, 1.165) is 0 Å². The van der Waals surface area contributed by atoms with Crippen LogP contribution in [-0.2, 0) is 4.79 Å². The molecule has 0 aromatic carbocycles. The van der Waals surface area contributed by atoms with Gasteiger partial charge in [0.25, 0.3) is 0 Å². The summed E-state index contributed by atoms with van der Waals surface area (Å²) in [5.74, 6) is -0.283. The number of halogens is 2. The molecule has 0 aromatic heterocycles. The molecule has 1 N–H and O–H groups in total. The first-order valence-corrected chi connectivity index (χ1v) is 3.15. The first-order chi connectivity index (χ1) is 4.13. The van der Waals surface area contributed by atoms with Gasteiger partial charge < -0.3 is 5.11 Å². The summed E-state index contributed by atoms with van der Waals surface area (Å²) in [6, 6.07) is 0. The zero-order valence-corrected chi connectivity index (χ0v) is 5.91. The van der Waals surface area contributed by atoms with Crippen molar-refractivity contribution < 1.29 is 9.90 Å². The molecule has 0 bridgehead atoms. The van der Waals surface area contributed by atoms with Crippen molar-refractivity contribution in [1.82, 2.24) is 0 Å². The van der Waals surface area contributed by atoms with E-state index in [2.05, 4.69) is 0 Å². The summed E-state index contributed by atoms with van der Waals surface area (Å²) < 4.78 is 0. The van der Waals surface area contributed by atoms with Crippen molar-refractivity contribution in [3.63, 3.8) is 0 Å². The second-order valence-corrected chi connectivity index (χ2v) is 2.59. The normalized spacial score (nSPS) is 27.9. The number of ketones is 1. The van der Waals surface area contributed by atoms with Crippen LogP contribution in [0.15, 0.2) is 10.1 Å². The fourth-order valence-corrected chi connectivity index (χ4v) is 1.02. The summed E-state index contributed by atoms with van der Waals surface area (Å²) in [5, 5.41) is 8.89. The lowest BCUT2D eigenvalue weighted by Gasteiger charge is -1.94. The molecule has 0 heterocycles. The topological polar surface area (TPSA) is 37.3 Å². The Morgan fingerprint density at radius 1 is 1.56 bits per heavy atom. The van der Waals surface area contributed by atoms with E-state index in [9.17, 15) is 4.79 Å². The molecular weight excluding hydrogens is 163 g/mol. The minimum absolute atomic E-state index is 0.0239. The molecule has 4 heteroatoms. The predicted molar refractivity (Wildman–Crippen MR) is 34.4 cm³/mol. The van der Waals surface area contributed by atoms with Crippen molar-refractivity contribution >= 4 is 29.0 Å². The van der Waals surface area contributed by atoms with E-state index in [1.807, 2.05) is 0 Å². The Morgan fingerprint density at radius 2 is 2.11 bits per heavy atom. The molecule has 50 valence electrons. The largest absolute Gasteiger partial charge is 0.387 e. The summed E-state index contributed by atoms with van der Waals surface area (Å²) in [6.07, 6.45) is -0.843. The molecular formula is C5H4Cl2O2. The Hall–Kier alpha value is -0.0500. The zero-order valence-electron chi connectivity index (χ0n) is 4.40. The lowest BCUT2D eigenvalue weighted by molar-refractivity contribution is -0.115. The van der Waals surface area contributed by atoms with Crippen LogP contribution < -0.4 is 0 Å². The molecule has 0 aromatic rings. The maximum atomic E-state index is 10.6. The van der Waals surface area contributed by atoms with Gasteiger partial charge in [0.15, 0.2) is 5.78 Å². The molecule has 1 rings (SSSR count). The van der Waals surface area contributed by atoms with Crippen LogP contribution in [0.3, 0.4) is 0 Å². The van der Waals surface area contributed by atoms with Crippen molar-refractivity contribution in [2.45, 2.75) is 12.5 Å². The smallest absolute Gasteiger partial charge is 0.178 e. The quantitative estimate of drug-likeness (QED) is 0.584. The van der Waals surface area contributed by atoms with Crippen LogP contribution in [0.4, 0.5) is 0 Å². The van der Waals surface area contributed by atoms with Crippen LogP contribution in [0, 0.1) is 0 Å². The van der Waals surface area contributed by atoms with Gasteiger partial charge in [0.1, 0.15) is 5.03 Å². The van der Waals surface area contributed by atoms with Crippen molar-refractivity contribution in [3.8, 4) is 0 Å². The molecule has 1 aliphatic rings. The van der Waals surface area contributed by atoms with Gasteiger partial charge in [-0.05, 0) is 0 Å². The molecule has 2 nitrogen and oxygen atoms in total. The Bertz CT molecular complexity index is 185. The molecule has 0 saturated heterocycles. The molecule has 9 heavy (non-hydrogen) atoms. The minimum atomic E-state index is -0.869. The zero-order chi connectivity index (χ0) is 7.02. The number of hydrogen-bond donors (Lipinski definition) is 1. The standard InChI is InChI=1S/C5H4Cl2O2/c6-4-2(8)1-3(9)5(4)7/h2,8H,1H2/t2-/m0/s1. The molecule has 0 fully saturated rings. The lowest BCUT2D eigenvalue weighted by Crippen LogP contribution is -2.02. The summed E-state index contributed by atoms with van der Waals surface area (Å²) in [6.45, 7) is 0. The van der Waals surface area contributed by atoms with E-state index in [4.69, 9.17) is 28.3 Å². The van der Waals surface area contributed by atoms with Crippen LogP contribution in [-0.4, -0.2) is 17.0 Å². The number of hydrogen-bond acceptors (Lipinski definition) is 2. The van der Waals surface area contributed by atoms with E-state index in [1.165, 1.54) is 0 Å². The van der Waals surface area contributed by atoms with E-state index in [0.29, 0.717) is 0 Å². The molecule has 1 atom stereocenters. The number of rotatable bonds is 0. The molecule has 0 radical (unpaired) electrons. The number of carbonyl (C=O) groups excluding carboxylic acids is 1. The second-order valence-electron chi connectivity index (χ2n) is 1.81. The first kappa shape index (κ1) is 7.06. The van der Waals surface area contributed by atoms with E-state index in [1.54, 1.807) is 0 Å². The lowest BCUT2D eigenvalue weighted by atomic mass is 10.3. The van der Waals surface area contributed by atoms with Crippen molar-refractivity contribution in [1.29, 1.82) is 0 Å². The second kappa shape index (κ2) is 2.29. The fourth-order valence-electron chi connectivity index (χ4n) is 0.634. The van der Waals surface area contributed by atoms with Gasteiger partial charge >= 0.3 is 0 Å². The predicted octanol–water partition coefficient (Wildman–Crippen LogP) is 1.01. The number of aliphatic hydroxyl groups excluding tert-OH is 1. The third kappa shape index (κ3) is 1.11. The SMILES string of the molecule is O=C1C[C@H](O)C(Cl)=C1Cl. The molecule has 0 saturated carbocycles. The molecule has 0 spiro atoms. The minimum Gasteiger partial charge on any atom is -0.387 e. The Morgan fingerprint density at radius 3 is 2.22 bits per heavy atom. The third-order valence-corrected chi connectivity index (χ3v) is 2.08. The summed E-state index contributed by atoms with van der Waals surface area (Å²) in [5.41, 5.74) is 0. The maximum Gasteiger partial charge on any atom is 0.178 e. The first-order valence-electron chi connectivity index (χ1n) is 2.39. The number of carbonyl (C=O) groups is 1. The van der Waals surface area contributed by atoms with Crippen LogP contribution in [0.1, 0.15) is 6.42 Å². The summed E-state index contributed by atoms with van der Waals surface area (Å²) in [4.78, 5) is 10.6. The molecule has 0 amide bonds. The van der Waals surface area contributed by atoms with Gasteiger partial charge in [-0.2, -0.15) is 0 Å². The summed E-state index contributed by atoms with van der Waals surface area (Å²) in [7, 11) is 0. The third-order valence-electron chi connectivity index (χ3n) is 1.13. The highest BCUT2D eigenvalue weighted by molar-refractivity contribution is 6.50. The Kier molecular flexibility index (Phi) is 1.80. The molecule has 1 aliphatic carbocycles. The van der Waals surface area contributed by atoms with Crippen molar-refractivity contribution in [2.24, 2.45) is 0 Å². The average molecular weight is 167 g/mol. The van der Waals surface area contributed by atoms with Crippen LogP contribution in [0.2, 0.25) is 0 Å². The van der Waals surface area contributed by atoms with Crippen LogP contribution in [0.5, 0.6) is 0 Å². The van der Waals surface area contributed by atoms with Crippen molar-refractivity contribution in [3.05, 3.63) is 10.1 Å². The van der Waals surface area contributed by atoms with Gasteiger partial charge in [-0.3, -0.25) is 4.79 Å². The van der Waals surface area contributed by atoms with Gasteiger partial charge in [-0.1, -0.05) is 23.2 Å². The molecule has 0 aliphatic heterocycles. The van der Waals surface area contributed by atoms with Crippen LogP contribution in [0.25, 0.3) is 0 Å². The highest BCUT2D eigenvalue weighted by Gasteiger charge is 2.28. The number of aliphatic hydroxyl groups is 1. The Labute approximate surface area is 62.1 Å². The van der Waals surface area contributed by atoms with Gasteiger partial charge in [-0.25, -0.2) is 0 Å². The molecule has 0 unspecified atom stereocenters. The van der Waals surface area contributed by atoms with Crippen molar-refractivity contribution in [2.75, 3.05) is 0 Å². The van der Waals surface area contributed by atoms with Gasteiger partial charge in [0, 0.05) is 6.42 Å². The van der Waals surface area contributed by atoms with E-state index < -0.39 is 6.10 Å². The van der Waals surface area contributed by atoms with Crippen LogP contribution >= 0.6 is 23.2 Å². The number of Topliss-reactive ketones (excluding diaryl/α,β-unsaturated/α-hetero) is 1. The van der Waals surface area contributed by atoms with E-state index in [-0.39, 0.29) is 22.3 Å². The Balaban J connectivity index is 2.92. The average Bonchev–Trinajstić information content (AvgIpc) is 1.98.